The van der Waals surface area contributed by atoms with Gasteiger partial charge in [-0.25, -0.2) is 0 Å². The summed E-state index contributed by atoms with van der Waals surface area (Å²) in [5, 5.41) is 20.4. The molecule has 1 aromatic heterocycles. The van der Waals surface area contributed by atoms with Crippen LogP contribution in [0.4, 0.5) is 5.69 Å². The molecule has 2 aromatic carbocycles. The van der Waals surface area contributed by atoms with Crippen LogP contribution in [0, 0.1) is 0 Å². The Hall–Kier alpha value is -3.20. The van der Waals surface area contributed by atoms with Crippen molar-refractivity contribution in [2.45, 2.75) is 0 Å². The van der Waals surface area contributed by atoms with E-state index in [2.05, 4.69) is 36.5 Å². The Bertz CT molecular complexity index is 1050. The first-order valence-electron chi connectivity index (χ1n) is 7.85. The van der Waals surface area contributed by atoms with Crippen LogP contribution < -0.4 is 10.1 Å². The molecule has 0 saturated heterocycles. The van der Waals surface area contributed by atoms with Crippen LogP contribution in [0.15, 0.2) is 57.2 Å². The minimum atomic E-state index is -0.665. The van der Waals surface area contributed by atoms with Gasteiger partial charge in [0, 0.05) is 9.86 Å². The molecule has 3 N–H and O–H groups in total. The SMILES string of the molecule is COc1ccccc1C(=O)NCC(=O)N=Nc1c(O)[nH]c2ccc(Br)cc12. The quantitative estimate of drug-likeness (QED) is 0.535. The van der Waals surface area contributed by atoms with Crippen LogP contribution in [-0.2, 0) is 4.79 Å². The number of H-pyrrole nitrogens is 1. The van der Waals surface area contributed by atoms with Crippen molar-refractivity contribution in [1.82, 2.24) is 10.3 Å². The van der Waals surface area contributed by atoms with Crippen molar-refractivity contribution >= 4 is 44.3 Å². The number of fused-ring (bicyclic) bond motifs is 1. The molecular formula is C18H15BrN4O4. The van der Waals surface area contributed by atoms with Gasteiger partial charge in [0.05, 0.1) is 18.2 Å². The minimum Gasteiger partial charge on any atom is -0.496 e. The highest BCUT2D eigenvalue weighted by Crippen LogP contribution is 2.36. The van der Waals surface area contributed by atoms with Gasteiger partial charge >= 0.3 is 0 Å². The van der Waals surface area contributed by atoms with Crippen LogP contribution in [0.3, 0.4) is 0 Å². The van der Waals surface area contributed by atoms with Gasteiger partial charge in [-0.2, -0.15) is 0 Å². The topological polar surface area (TPSA) is 116 Å². The molecule has 0 atom stereocenters. The zero-order chi connectivity index (χ0) is 19.4. The van der Waals surface area contributed by atoms with Gasteiger partial charge in [0.15, 0.2) is 5.69 Å². The number of methoxy groups -OCH3 is 1. The maximum atomic E-state index is 12.2. The van der Waals surface area contributed by atoms with Gasteiger partial charge in [0.1, 0.15) is 12.3 Å². The van der Waals surface area contributed by atoms with E-state index in [9.17, 15) is 14.7 Å². The normalized spacial score (nSPS) is 11.0. The smallest absolute Gasteiger partial charge is 0.283 e. The van der Waals surface area contributed by atoms with Gasteiger partial charge in [-0.15, -0.1) is 10.2 Å². The number of carbonyl (C=O) groups excluding carboxylic acids is 2. The van der Waals surface area contributed by atoms with Crippen molar-refractivity contribution in [2.75, 3.05) is 13.7 Å². The molecular weight excluding hydrogens is 416 g/mol. The van der Waals surface area contributed by atoms with Gasteiger partial charge < -0.3 is 20.1 Å². The number of azo groups is 1. The summed E-state index contributed by atoms with van der Waals surface area (Å²) in [7, 11) is 1.46. The number of rotatable bonds is 5. The highest BCUT2D eigenvalue weighted by Gasteiger charge is 2.14. The number of hydrogen-bond donors (Lipinski definition) is 3. The number of benzene rings is 2. The Balaban J connectivity index is 1.69. The van der Waals surface area contributed by atoms with Crippen LogP contribution >= 0.6 is 15.9 Å². The fourth-order valence-corrected chi connectivity index (χ4v) is 2.82. The Morgan fingerprint density at radius 3 is 2.81 bits per heavy atom. The van der Waals surface area contributed by atoms with E-state index in [1.807, 2.05) is 0 Å². The standard InChI is InChI=1S/C18H15BrN4O4/c1-27-14-5-3-2-4-11(14)17(25)20-9-15(24)22-23-16-12-8-10(19)6-7-13(12)21-18(16)26/h2-8,21,26H,9H2,1H3,(H,20,25). The van der Waals surface area contributed by atoms with E-state index < -0.39 is 11.8 Å². The number of nitrogens with zero attached hydrogens (tertiary/aromatic N) is 2. The molecule has 3 rings (SSSR count). The molecule has 0 fully saturated rings. The van der Waals surface area contributed by atoms with Gasteiger partial charge in [-0.1, -0.05) is 28.1 Å². The first-order valence-corrected chi connectivity index (χ1v) is 8.65. The second kappa shape index (κ2) is 8.00. The van der Waals surface area contributed by atoms with E-state index in [4.69, 9.17) is 4.74 Å². The lowest BCUT2D eigenvalue weighted by molar-refractivity contribution is -0.117. The zero-order valence-corrected chi connectivity index (χ0v) is 15.8. The van der Waals surface area contributed by atoms with Gasteiger partial charge in [-0.3, -0.25) is 9.59 Å². The lowest BCUT2D eigenvalue weighted by Gasteiger charge is -2.07. The number of halogens is 1. The molecule has 0 aliphatic carbocycles. The summed E-state index contributed by atoms with van der Waals surface area (Å²) < 4.78 is 5.90. The molecule has 0 radical (unpaired) electrons. The lowest BCUT2D eigenvalue weighted by atomic mass is 10.2. The Labute approximate surface area is 162 Å². The molecule has 0 spiro atoms. The van der Waals surface area contributed by atoms with Crippen LogP contribution in [0.25, 0.3) is 10.9 Å². The van der Waals surface area contributed by atoms with E-state index in [0.717, 1.165) is 4.47 Å². The summed E-state index contributed by atoms with van der Waals surface area (Å²) in [5.74, 6) is -0.923. The van der Waals surface area contributed by atoms with E-state index in [-0.39, 0.29) is 18.1 Å². The van der Waals surface area contributed by atoms with Crippen LogP contribution in [0.2, 0.25) is 0 Å². The van der Waals surface area contributed by atoms with Gasteiger partial charge in [-0.05, 0) is 30.3 Å². The average Bonchev–Trinajstić information content (AvgIpc) is 2.98. The fourth-order valence-electron chi connectivity index (χ4n) is 2.46. The third-order valence-corrected chi connectivity index (χ3v) is 4.22. The first-order chi connectivity index (χ1) is 13.0. The molecule has 138 valence electrons. The number of aromatic nitrogens is 1. The van der Waals surface area contributed by atoms with Crippen molar-refractivity contribution in [1.29, 1.82) is 0 Å². The second-order valence-electron chi connectivity index (χ2n) is 5.49. The number of aromatic amines is 1. The van der Waals surface area contributed by atoms with Crippen molar-refractivity contribution in [3.8, 4) is 11.6 Å². The molecule has 0 bridgehead atoms. The Kier molecular flexibility index (Phi) is 5.51. The molecule has 0 saturated carbocycles. The minimum absolute atomic E-state index is 0.149. The van der Waals surface area contributed by atoms with E-state index in [0.29, 0.717) is 22.2 Å². The van der Waals surface area contributed by atoms with Crippen LogP contribution in [0.5, 0.6) is 11.6 Å². The molecule has 9 heteroatoms. The third kappa shape index (κ3) is 4.14. The van der Waals surface area contributed by atoms with E-state index >= 15 is 0 Å². The van der Waals surface area contributed by atoms with Crippen molar-refractivity contribution in [3.63, 3.8) is 0 Å². The van der Waals surface area contributed by atoms with E-state index in [1.165, 1.54) is 7.11 Å². The summed E-state index contributed by atoms with van der Waals surface area (Å²) in [5.41, 5.74) is 1.11. The Morgan fingerprint density at radius 2 is 2.04 bits per heavy atom. The monoisotopic (exact) mass is 430 g/mol. The molecule has 8 nitrogen and oxygen atoms in total. The lowest BCUT2D eigenvalue weighted by Crippen LogP contribution is -2.28. The van der Waals surface area contributed by atoms with Crippen molar-refractivity contribution in [2.24, 2.45) is 10.2 Å². The maximum absolute atomic E-state index is 12.2. The van der Waals surface area contributed by atoms with E-state index in [1.54, 1.807) is 42.5 Å². The predicted octanol–water partition coefficient (Wildman–Crippen LogP) is 3.68. The number of amides is 2. The van der Waals surface area contributed by atoms with Crippen molar-refractivity contribution < 1.29 is 19.4 Å². The summed E-state index contributed by atoms with van der Waals surface area (Å²) in [6.45, 7) is -0.340. The number of ether oxygens (including phenoxy) is 1. The highest BCUT2D eigenvalue weighted by atomic mass is 79.9. The molecule has 3 aromatic rings. The largest absolute Gasteiger partial charge is 0.496 e. The number of para-hydroxylation sites is 1. The molecule has 0 aliphatic rings. The Morgan fingerprint density at radius 1 is 1.26 bits per heavy atom. The molecule has 2 amide bonds. The van der Waals surface area contributed by atoms with Crippen LogP contribution in [-0.4, -0.2) is 35.6 Å². The summed E-state index contributed by atoms with van der Waals surface area (Å²) in [6, 6.07) is 12.0. The molecule has 0 aliphatic heterocycles. The average molecular weight is 431 g/mol. The summed E-state index contributed by atoms with van der Waals surface area (Å²) in [4.78, 5) is 26.8. The number of carbonyl (C=O) groups is 2. The number of hydrogen-bond acceptors (Lipinski definition) is 5. The number of aromatic hydroxyl groups is 1. The van der Waals surface area contributed by atoms with Crippen molar-refractivity contribution in [3.05, 3.63) is 52.5 Å². The maximum Gasteiger partial charge on any atom is 0.283 e. The third-order valence-electron chi connectivity index (χ3n) is 3.73. The van der Waals surface area contributed by atoms with Crippen LogP contribution in [0.1, 0.15) is 10.4 Å². The second-order valence-corrected chi connectivity index (χ2v) is 6.40. The summed E-state index contributed by atoms with van der Waals surface area (Å²) in [6.07, 6.45) is 0. The zero-order valence-electron chi connectivity index (χ0n) is 14.2. The molecule has 27 heavy (non-hydrogen) atoms. The fraction of sp³-hybridized carbons (Fsp3) is 0.111. The predicted molar refractivity (Wildman–Crippen MR) is 103 cm³/mol. The summed E-state index contributed by atoms with van der Waals surface area (Å²) >= 11 is 3.34. The molecule has 0 unspecified atom stereocenters. The van der Waals surface area contributed by atoms with Gasteiger partial charge in [0.2, 0.25) is 5.88 Å². The molecule has 1 heterocycles. The number of nitrogens with one attached hydrogen (secondary N) is 2. The highest BCUT2D eigenvalue weighted by molar-refractivity contribution is 9.10. The van der Waals surface area contributed by atoms with Gasteiger partial charge in [0.25, 0.3) is 11.8 Å². The first kappa shape index (κ1) is 18.6.